The number of hydrogen-bond donors (Lipinski definition) is 7. The molecule has 0 saturated carbocycles. The second-order valence-corrected chi connectivity index (χ2v) is 5.55. The summed E-state index contributed by atoms with van der Waals surface area (Å²) >= 11 is 0. The van der Waals surface area contributed by atoms with Crippen LogP contribution in [0.15, 0.2) is 0 Å². The first kappa shape index (κ1) is 17.9. The predicted octanol–water partition coefficient (Wildman–Crippen LogP) is -4.37. The topological polar surface area (TPSA) is 169 Å². The SMILES string of the molecule is C[C@H]1O[C@@H](OC[C@H]2O[C@H](O)[C@H](O)[C@@H](O)[C@@H]2O)[C@@H](O)[C@@H](O)[C@@H]1O. The van der Waals surface area contributed by atoms with Crippen molar-refractivity contribution >= 4 is 0 Å². The highest BCUT2D eigenvalue weighted by atomic mass is 16.7. The van der Waals surface area contributed by atoms with E-state index in [1.807, 2.05) is 0 Å². The molecular weight excluding hydrogens is 304 g/mol. The van der Waals surface area contributed by atoms with Gasteiger partial charge in [0.15, 0.2) is 12.6 Å². The summed E-state index contributed by atoms with van der Waals surface area (Å²) in [6.07, 6.45) is -14.0. The highest BCUT2D eigenvalue weighted by Crippen LogP contribution is 2.24. The molecule has 0 aliphatic carbocycles. The molecule has 2 heterocycles. The van der Waals surface area contributed by atoms with Crippen LogP contribution in [-0.2, 0) is 14.2 Å². The van der Waals surface area contributed by atoms with E-state index < -0.39 is 61.4 Å². The molecular formula is C12H22O10. The van der Waals surface area contributed by atoms with Gasteiger partial charge in [-0.15, -0.1) is 0 Å². The third-order valence-corrected chi connectivity index (χ3v) is 3.92. The molecule has 0 spiro atoms. The van der Waals surface area contributed by atoms with Gasteiger partial charge >= 0.3 is 0 Å². The van der Waals surface area contributed by atoms with Crippen molar-refractivity contribution in [1.82, 2.24) is 0 Å². The van der Waals surface area contributed by atoms with Crippen LogP contribution in [0.3, 0.4) is 0 Å². The average Bonchev–Trinajstić information content (AvgIpc) is 2.49. The summed E-state index contributed by atoms with van der Waals surface area (Å²) in [5.41, 5.74) is 0. The Labute approximate surface area is 126 Å². The fraction of sp³-hybridized carbons (Fsp3) is 1.00. The summed E-state index contributed by atoms with van der Waals surface area (Å²) in [6, 6.07) is 0. The maximum absolute atomic E-state index is 9.76. The largest absolute Gasteiger partial charge is 0.388 e. The number of rotatable bonds is 3. The normalized spacial score (nSPS) is 53.5. The zero-order chi connectivity index (χ0) is 16.6. The van der Waals surface area contributed by atoms with Gasteiger partial charge in [-0.05, 0) is 6.92 Å². The minimum Gasteiger partial charge on any atom is -0.388 e. The molecule has 2 fully saturated rings. The Bertz CT molecular complexity index is 334. The van der Waals surface area contributed by atoms with Crippen LogP contribution in [0.1, 0.15) is 6.92 Å². The van der Waals surface area contributed by atoms with E-state index in [0.29, 0.717) is 0 Å². The molecule has 10 heteroatoms. The number of aliphatic hydroxyl groups is 7. The molecule has 22 heavy (non-hydrogen) atoms. The highest BCUT2D eigenvalue weighted by Gasteiger charge is 2.45. The van der Waals surface area contributed by atoms with Crippen molar-refractivity contribution in [2.45, 2.75) is 68.3 Å². The van der Waals surface area contributed by atoms with Crippen LogP contribution in [0.5, 0.6) is 0 Å². The van der Waals surface area contributed by atoms with Crippen molar-refractivity contribution < 1.29 is 50.0 Å². The van der Waals surface area contributed by atoms with Crippen molar-refractivity contribution in [2.75, 3.05) is 6.61 Å². The lowest BCUT2D eigenvalue weighted by Gasteiger charge is -2.41. The molecule has 0 radical (unpaired) electrons. The fourth-order valence-electron chi connectivity index (χ4n) is 2.41. The molecule has 0 aromatic heterocycles. The monoisotopic (exact) mass is 326 g/mol. The van der Waals surface area contributed by atoms with Gasteiger partial charge in [-0.2, -0.15) is 0 Å². The summed E-state index contributed by atoms with van der Waals surface area (Å²) in [5.74, 6) is 0. The average molecular weight is 326 g/mol. The van der Waals surface area contributed by atoms with E-state index in [1.165, 1.54) is 6.92 Å². The summed E-state index contributed by atoms with van der Waals surface area (Å²) in [7, 11) is 0. The Morgan fingerprint density at radius 3 is 1.95 bits per heavy atom. The first-order chi connectivity index (χ1) is 10.2. The zero-order valence-electron chi connectivity index (χ0n) is 11.8. The number of aliphatic hydroxyl groups excluding tert-OH is 7. The minimum atomic E-state index is -1.70. The van der Waals surface area contributed by atoms with Crippen LogP contribution >= 0.6 is 0 Å². The van der Waals surface area contributed by atoms with E-state index in [-0.39, 0.29) is 6.61 Å². The van der Waals surface area contributed by atoms with Gasteiger partial charge in [0.2, 0.25) is 0 Å². The van der Waals surface area contributed by atoms with Crippen LogP contribution < -0.4 is 0 Å². The molecule has 0 aromatic carbocycles. The second kappa shape index (κ2) is 7.01. The van der Waals surface area contributed by atoms with Crippen LogP contribution in [0.4, 0.5) is 0 Å². The molecule has 7 N–H and O–H groups in total. The highest BCUT2D eigenvalue weighted by molar-refractivity contribution is 4.90. The molecule has 0 unspecified atom stereocenters. The van der Waals surface area contributed by atoms with E-state index in [2.05, 4.69) is 0 Å². The van der Waals surface area contributed by atoms with Crippen LogP contribution in [-0.4, -0.2) is 104 Å². The third-order valence-electron chi connectivity index (χ3n) is 3.92. The molecule has 130 valence electrons. The molecule has 2 saturated heterocycles. The molecule has 10 nitrogen and oxygen atoms in total. The smallest absolute Gasteiger partial charge is 0.186 e. The number of ether oxygens (including phenoxy) is 3. The summed E-state index contributed by atoms with van der Waals surface area (Å²) in [5, 5.41) is 67.0. The van der Waals surface area contributed by atoms with Gasteiger partial charge in [0, 0.05) is 0 Å². The Balaban J connectivity index is 1.92. The maximum Gasteiger partial charge on any atom is 0.186 e. The van der Waals surface area contributed by atoms with Crippen molar-refractivity contribution in [3.63, 3.8) is 0 Å². The molecule has 0 bridgehead atoms. The molecule has 2 rings (SSSR count). The molecule has 10 atom stereocenters. The predicted molar refractivity (Wildman–Crippen MR) is 67.2 cm³/mol. The van der Waals surface area contributed by atoms with E-state index >= 15 is 0 Å². The van der Waals surface area contributed by atoms with Gasteiger partial charge in [0.1, 0.15) is 42.7 Å². The molecule has 0 amide bonds. The standard InChI is InChI=1S/C12H22O10/c1-3-5(13)7(15)10(18)12(21-3)20-2-4-6(14)8(16)9(17)11(19)22-4/h3-19H,2H2,1H3/t3-,4-,5-,6-,7+,8+,9-,10+,11+,12-/m1/s1. The second-order valence-electron chi connectivity index (χ2n) is 5.55. The van der Waals surface area contributed by atoms with Crippen LogP contribution in [0.25, 0.3) is 0 Å². The van der Waals surface area contributed by atoms with E-state index in [9.17, 15) is 35.7 Å². The van der Waals surface area contributed by atoms with Gasteiger partial charge in [-0.25, -0.2) is 0 Å². The molecule has 2 aliphatic rings. The van der Waals surface area contributed by atoms with E-state index in [4.69, 9.17) is 14.2 Å². The lowest BCUT2D eigenvalue weighted by Crippen LogP contribution is -2.60. The van der Waals surface area contributed by atoms with Gasteiger partial charge in [-0.1, -0.05) is 0 Å². The fourth-order valence-corrected chi connectivity index (χ4v) is 2.41. The quantitative estimate of drug-likeness (QED) is 0.269. The zero-order valence-corrected chi connectivity index (χ0v) is 11.8. The minimum absolute atomic E-state index is 0.390. The molecule has 0 aromatic rings. The lowest BCUT2D eigenvalue weighted by molar-refractivity contribution is -0.322. The molecule has 2 aliphatic heterocycles. The first-order valence-corrected chi connectivity index (χ1v) is 6.93. The van der Waals surface area contributed by atoms with Crippen molar-refractivity contribution in [1.29, 1.82) is 0 Å². The van der Waals surface area contributed by atoms with Crippen molar-refractivity contribution in [2.24, 2.45) is 0 Å². The Kier molecular flexibility index (Phi) is 5.72. The van der Waals surface area contributed by atoms with Crippen LogP contribution in [0, 0.1) is 0 Å². The van der Waals surface area contributed by atoms with Gasteiger partial charge < -0.3 is 50.0 Å². The van der Waals surface area contributed by atoms with E-state index in [0.717, 1.165) is 0 Å². The Morgan fingerprint density at radius 2 is 1.32 bits per heavy atom. The first-order valence-electron chi connectivity index (χ1n) is 6.93. The summed E-state index contributed by atoms with van der Waals surface area (Å²) in [6.45, 7) is 1.09. The van der Waals surface area contributed by atoms with Gasteiger partial charge in [0.25, 0.3) is 0 Å². The number of hydrogen-bond acceptors (Lipinski definition) is 10. The van der Waals surface area contributed by atoms with Crippen LogP contribution in [0.2, 0.25) is 0 Å². The van der Waals surface area contributed by atoms with Crippen molar-refractivity contribution in [3.05, 3.63) is 0 Å². The van der Waals surface area contributed by atoms with Gasteiger partial charge in [-0.3, -0.25) is 0 Å². The van der Waals surface area contributed by atoms with Crippen molar-refractivity contribution in [3.8, 4) is 0 Å². The van der Waals surface area contributed by atoms with E-state index in [1.54, 1.807) is 0 Å². The maximum atomic E-state index is 9.76. The Morgan fingerprint density at radius 1 is 0.727 bits per heavy atom. The third kappa shape index (κ3) is 3.41. The van der Waals surface area contributed by atoms with Gasteiger partial charge in [0.05, 0.1) is 12.7 Å². The Hall–Kier alpha value is -0.400. The summed E-state index contributed by atoms with van der Waals surface area (Å²) < 4.78 is 15.3. The summed E-state index contributed by atoms with van der Waals surface area (Å²) in [4.78, 5) is 0. The lowest BCUT2D eigenvalue weighted by atomic mass is 9.99.